The first-order valence-electron chi connectivity index (χ1n) is 15.0. The van der Waals surface area contributed by atoms with E-state index in [0.29, 0.717) is 81.3 Å². The van der Waals surface area contributed by atoms with E-state index in [9.17, 15) is 14.4 Å². The number of nitrogens with one attached hydrogen (secondary N) is 1. The molecule has 1 aliphatic carbocycles. The topological polar surface area (TPSA) is 104 Å². The second-order valence-corrected chi connectivity index (χ2v) is 11.1. The summed E-state index contributed by atoms with van der Waals surface area (Å²) in [5, 5.41) is 2.91. The van der Waals surface area contributed by atoms with Crippen LogP contribution in [0.1, 0.15) is 60.9 Å². The molecule has 0 spiro atoms. The molecule has 2 fully saturated rings. The maximum absolute atomic E-state index is 13.1. The van der Waals surface area contributed by atoms with Crippen molar-refractivity contribution in [2.45, 2.75) is 57.5 Å². The van der Waals surface area contributed by atoms with Gasteiger partial charge >= 0.3 is 0 Å². The van der Waals surface area contributed by atoms with Gasteiger partial charge in [0.25, 0.3) is 5.91 Å². The number of aliphatic imine (C=N–C) groups is 1. The molecule has 10 nitrogen and oxygen atoms in total. The molecule has 2 aromatic rings. The van der Waals surface area contributed by atoms with Gasteiger partial charge in [0.1, 0.15) is 12.3 Å². The normalized spacial score (nSPS) is 17.2. The number of rotatable bonds is 9. The van der Waals surface area contributed by atoms with Crippen molar-refractivity contribution in [3.8, 4) is 5.75 Å². The van der Waals surface area contributed by atoms with Crippen LogP contribution in [0, 0.1) is 0 Å². The standard InChI is InChI=1S/C32H41N5O5/c1-35(26-11-6-3-7-12-26)29(38)13-8-18-42-27-14-15-28-25(21-27)22-37(23-30(39)36-16-19-41-20-17-36)32(33-28)34-31(40)24-9-4-2-5-10-24/h2,4-5,9-10,14-15,21,26H,3,6-8,11-13,16-20,22-23H2,1H3,(H,33,34,40). The van der Waals surface area contributed by atoms with Crippen molar-refractivity contribution in [3.63, 3.8) is 0 Å². The molecule has 224 valence electrons. The molecule has 10 heteroatoms. The SMILES string of the molecule is CN(C(=O)CCCOc1ccc2c(c1)CN(CC(=O)N1CCOCC1)C(NC(=O)c1ccccc1)=N2)C1CCCCC1. The van der Waals surface area contributed by atoms with Crippen molar-refractivity contribution >= 4 is 29.4 Å². The first kappa shape index (κ1) is 29.6. The zero-order valence-corrected chi connectivity index (χ0v) is 24.4. The van der Waals surface area contributed by atoms with E-state index in [1.807, 2.05) is 36.2 Å². The smallest absolute Gasteiger partial charge is 0.257 e. The van der Waals surface area contributed by atoms with Crippen LogP contribution in [0.15, 0.2) is 53.5 Å². The Hall–Kier alpha value is -3.92. The van der Waals surface area contributed by atoms with Crippen molar-refractivity contribution in [3.05, 3.63) is 59.7 Å². The van der Waals surface area contributed by atoms with Gasteiger partial charge in [-0.1, -0.05) is 37.5 Å². The lowest BCUT2D eigenvalue weighted by atomic mass is 9.94. The predicted molar refractivity (Wildman–Crippen MR) is 160 cm³/mol. The van der Waals surface area contributed by atoms with Gasteiger partial charge in [-0.2, -0.15) is 0 Å². The average Bonchev–Trinajstić information content (AvgIpc) is 3.04. The molecule has 0 radical (unpaired) electrons. The number of carbonyl (C=O) groups excluding carboxylic acids is 3. The molecule has 0 atom stereocenters. The molecular weight excluding hydrogens is 534 g/mol. The lowest BCUT2D eigenvalue weighted by Gasteiger charge is -2.33. The Bertz CT molecular complexity index is 1270. The van der Waals surface area contributed by atoms with Gasteiger partial charge in [-0.05, 0) is 49.6 Å². The summed E-state index contributed by atoms with van der Waals surface area (Å²) >= 11 is 0. The number of guanidine groups is 1. The highest BCUT2D eigenvalue weighted by Gasteiger charge is 2.27. The van der Waals surface area contributed by atoms with Crippen LogP contribution in [0.25, 0.3) is 0 Å². The zero-order valence-electron chi connectivity index (χ0n) is 24.4. The lowest BCUT2D eigenvalue weighted by Crippen LogP contribution is -2.51. The molecule has 0 unspecified atom stereocenters. The number of ether oxygens (including phenoxy) is 2. The highest BCUT2D eigenvalue weighted by atomic mass is 16.5. The number of fused-ring (bicyclic) bond motifs is 1. The van der Waals surface area contributed by atoms with Gasteiger partial charge in [0.05, 0.1) is 25.5 Å². The molecule has 3 aliphatic rings. The molecule has 0 aromatic heterocycles. The van der Waals surface area contributed by atoms with Gasteiger partial charge in [-0.25, -0.2) is 4.99 Å². The van der Waals surface area contributed by atoms with E-state index in [1.165, 1.54) is 19.3 Å². The van der Waals surface area contributed by atoms with Gasteiger partial charge in [0.15, 0.2) is 0 Å². The maximum Gasteiger partial charge on any atom is 0.257 e. The Kier molecular flexibility index (Phi) is 10.1. The Labute approximate surface area is 247 Å². The van der Waals surface area contributed by atoms with Crippen LogP contribution in [0.5, 0.6) is 5.75 Å². The third-order valence-corrected chi connectivity index (χ3v) is 8.21. The fourth-order valence-corrected chi connectivity index (χ4v) is 5.69. The highest BCUT2D eigenvalue weighted by molar-refractivity contribution is 6.07. The molecule has 3 amide bonds. The molecule has 5 rings (SSSR count). The van der Waals surface area contributed by atoms with Crippen LogP contribution in [0.2, 0.25) is 0 Å². The minimum absolute atomic E-state index is 0.0429. The van der Waals surface area contributed by atoms with E-state index in [-0.39, 0.29) is 24.3 Å². The number of nitrogens with zero attached hydrogens (tertiary/aromatic N) is 4. The number of morpholine rings is 1. The molecule has 2 aliphatic heterocycles. The molecule has 2 heterocycles. The van der Waals surface area contributed by atoms with Crippen LogP contribution in [-0.4, -0.2) is 90.9 Å². The quantitative estimate of drug-likeness (QED) is 0.457. The predicted octanol–water partition coefficient (Wildman–Crippen LogP) is 3.73. The maximum atomic E-state index is 13.1. The van der Waals surface area contributed by atoms with Crippen LogP contribution in [-0.2, 0) is 20.9 Å². The van der Waals surface area contributed by atoms with E-state index in [1.54, 1.807) is 34.1 Å². The molecule has 42 heavy (non-hydrogen) atoms. The molecule has 1 saturated carbocycles. The largest absolute Gasteiger partial charge is 0.494 e. The fraction of sp³-hybridized carbons (Fsp3) is 0.500. The third kappa shape index (κ3) is 7.67. The van der Waals surface area contributed by atoms with Crippen LogP contribution < -0.4 is 10.1 Å². The van der Waals surface area contributed by atoms with E-state index in [2.05, 4.69) is 5.32 Å². The average molecular weight is 576 g/mol. The number of amides is 3. The molecule has 1 N–H and O–H groups in total. The second-order valence-electron chi connectivity index (χ2n) is 11.1. The summed E-state index contributed by atoms with van der Waals surface area (Å²) in [4.78, 5) is 49.0. The van der Waals surface area contributed by atoms with Crippen LogP contribution >= 0.6 is 0 Å². The van der Waals surface area contributed by atoms with E-state index in [4.69, 9.17) is 14.5 Å². The first-order chi connectivity index (χ1) is 20.5. The van der Waals surface area contributed by atoms with E-state index < -0.39 is 0 Å². The first-order valence-corrected chi connectivity index (χ1v) is 15.0. The van der Waals surface area contributed by atoms with Crippen LogP contribution in [0.3, 0.4) is 0 Å². The van der Waals surface area contributed by atoms with Crippen molar-refractivity contribution in [2.24, 2.45) is 4.99 Å². The summed E-state index contributed by atoms with van der Waals surface area (Å²) in [7, 11) is 1.93. The number of benzene rings is 2. The molecule has 1 saturated heterocycles. The zero-order chi connectivity index (χ0) is 29.3. The Morgan fingerprint density at radius 2 is 1.81 bits per heavy atom. The van der Waals surface area contributed by atoms with Gasteiger partial charge < -0.3 is 24.2 Å². The van der Waals surface area contributed by atoms with Crippen LogP contribution in [0.4, 0.5) is 5.69 Å². The minimum Gasteiger partial charge on any atom is -0.494 e. The van der Waals surface area contributed by atoms with Gasteiger partial charge in [-0.15, -0.1) is 0 Å². The highest BCUT2D eigenvalue weighted by Crippen LogP contribution is 2.30. The molecular formula is C32H41N5O5. The van der Waals surface area contributed by atoms with E-state index in [0.717, 1.165) is 18.4 Å². The summed E-state index contributed by atoms with van der Waals surface area (Å²) < 4.78 is 11.4. The number of hydrogen-bond acceptors (Lipinski definition) is 7. The van der Waals surface area contributed by atoms with Crippen molar-refractivity contribution in [1.82, 2.24) is 20.0 Å². The van der Waals surface area contributed by atoms with Crippen molar-refractivity contribution in [2.75, 3.05) is 46.5 Å². The summed E-state index contributed by atoms with van der Waals surface area (Å²) in [6.07, 6.45) is 6.97. The number of carbonyl (C=O) groups is 3. The Balaban J connectivity index is 1.22. The molecule has 0 bridgehead atoms. The summed E-state index contributed by atoms with van der Waals surface area (Å²) in [6, 6.07) is 14.9. The van der Waals surface area contributed by atoms with Crippen molar-refractivity contribution < 1.29 is 23.9 Å². The van der Waals surface area contributed by atoms with Crippen molar-refractivity contribution in [1.29, 1.82) is 0 Å². The summed E-state index contributed by atoms with van der Waals surface area (Å²) in [6.45, 7) is 3.03. The van der Waals surface area contributed by atoms with Gasteiger partial charge in [0.2, 0.25) is 17.8 Å². The van der Waals surface area contributed by atoms with E-state index >= 15 is 0 Å². The summed E-state index contributed by atoms with van der Waals surface area (Å²) in [5.74, 6) is 0.875. The van der Waals surface area contributed by atoms with Gasteiger partial charge in [-0.3, -0.25) is 19.7 Å². The monoisotopic (exact) mass is 575 g/mol. The number of hydrogen-bond donors (Lipinski definition) is 1. The Morgan fingerprint density at radius 3 is 2.57 bits per heavy atom. The third-order valence-electron chi connectivity index (χ3n) is 8.21. The lowest BCUT2D eigenvalue weighted by molar-refractivity contribution is -0.135. The fourth-order valence-electron chi connectivity index (χ4n) is 5.69. The Morgan fingerprint density at radius 1 is 1.05 bits per heavy atom. The summed E-state index contributed by atoms with van der Waals surface area (Å²) in [5.41, 5.74) is 2.12. The second kappa shape index (κ2) is 14.3. The van der Waals surface area contributed by atoms with Gasteiger partial charge in [0, 0.05) is 50.3 Å². The molecule has 2 aromatic carbocycles. The minimum atomic E-state index is -0.287.